The first-order valence-electron chi connectivity index (χ1n) is 7.37. The summed E-state index contributed by atoms with van der Waals surface area (Å²) in [6.45, 7) is 4.23. The van der Waals surface area contributed by atoms with Crippen LogP contribution in [0.1, 0.15) is 37.8 Å². The molecule has 0 spiro atoms. The van der Waals surface area contributed by atoms with Gasteiger partial charge in [-0.1, -0.05) is 38.1 Å². The van der Waals surface area contributed by atoms with E-state index >= 15 is 0 Å². The smallest absolute Gasteiger partial charge is 0.127 e. The van der Waals surface area contributed by atoms with Crippen LogP contribution in [0, 0.1) is 0 Å². The van der Waals surface area contributed by atoms with E-state index in [1.165, 1.54) is 0 Å². The average molecular weight is 284 g/mol. The van der Waals surface area contributed by atoms with E-state index in [2.05, 4.69) is 13.8 Å². The Morgan fingerprint density at radius 2 is 1.05 bits per heavy atom. The van der Waals surface area contributed by atoms with Gasteiger partial charge in [0, 0.05) is 0 Å². The molecule has 0 unspecified atom stereocenters. The van der Waals surface area contributed by atoms with Gasteiger partial charge in [0.1, 0.15) is 22.7 Å². The normalized spacial score (nSPS) is 27.5. The quantitative estimate of drug-likeness (QED) is 0.833. The largest absolute Gasteiger partial charge is 0.508 e. The summed E-state index contributed by atoms with van der Waals surface area (Å²) in [4.78, 5) is 0. The van der Waals surface area contributed by atoms with E-state index in [1.54, 1.807) is 24.3 Å². The topological polar surface area (TPSA) is 53.0 Å². The Labute approximate surface area is 124 Å². The summed E-state index contributed by atoms with van der Waals surface area (Å²) in [7, 11) is 0. The molecule has 1 aliphatic heterocycles. The summed E-state index contributed by atoms with van der Waals surface area (Å²) in [5.41, 5.74) is 1.45. The van der Waals surface area contributed by atoms with Crippen molar-refractivity contribution in [3.05, 3.63) is 59.7 Å². The summed E-state index contributed by atoms with van der Waals surface area (Å²) in [5.74, 6) is 0.523. The lowest BCUT2D eigenvalue weighted by Crippen LogP contribution is -2.21. The summed E-state index contributed by atoms with van der Waals surface area (Å²) < 4.78 is 6.28. The Bertz CT molecular complexity index is 575. The van der Waals surface area contributed by atoms with Crippen LogP contribution < -0.4 is 0 Å². The molecule has 3 nitrogen and oxygen atoms in total. The maximum absolute atomic E-state index is 9.48. The van der Waals surface area contributed by atoms with Gasteiger partial charge in [-0.15, -0.1) is 0 Å². The SMILES string of the molecule is CC[C@]1(c2ccc(O)cc2)O[C@]1(CC)c1ccc(O)cc1. The van der Waals surface area contributed by atoms with Crippen LogP contribution >= 0.6 is 0 Å². The van der Waals surface area contributed by atoms with Crippen molar-refractivity contribution in [3.8, 4) is 11.5 Å². The third kappa shape index (κ3) is 1.92. The molecule has 3 heteroatoms. The molecule has 2 aromatic rings. The molecule has 2 N–H and O–H groups in total. The number of phenolic OH excluding ortho intramolecular Hbond substituents is 2. The maximum atomic E-state index is 9.48. The van der Waals surface area contributed by atoms with E-state index in [4.69, 9.17) is 4.74 Å². The van der Waals surface area contributed by atoms with Gasteiger partial charge in [-0.3, -0.25) is 0 Å². The van der Waals surface area contributed by atoms with Gasteiger partial charge >= 0.3 is 0 Å². The number of ether oxygens (including phenoxy) is 1. The van der Waals surface area contributed by atoms with Gasteiger partial charge in [-0.05, 0) is 48.2 Å². The Balaban J connectivity index is 2.05. The second-order valence-corrected chi connectivity index (χ2v) is 5.56. The van der Waals surface area contributed by atoms with Crippen molar-refractivity contribution < 1.29 is 14.9 Å². The molecule has 0 radical (unpaired) electrons. The van der Waals surface area contributed by atoms with Crippen molar-refractivity contribution in [1.82, 2.24) is 0 Å². The Hall–Kier alpha value is -2.00. The lowest BCUT2D eigenvalue weighted by atomic mass is 9.78. The highest BCUT2D eigenvalue weighted by Gasteiger charge is 2.69. The maximum Gasteiger partial charge on any atom is 0.127 e. The number of rotatable bonds is 4. The van der Waals surface area contributed by atoms with Gasteiger partial charge in [0.15, 0.2) is 0 Å². The summed E-state index contributed by atoms with van der Waals surface area (Å²) in [6, 6.07) is 14.5. The van der Waals surface area contributed by atoms with Crippen molar-refractivity contribution in [2.45, 2.75) is 37.9 Å². The highest BCUT2D eigenvalue weighted by Crippen LogP contribution is 2.66. The van der Waals surface area contributed by atoms with E-state index in [0.29, 0.717) is 0 Å². The molecule has 1 saturated heterocycles. The van der Waals surface area contributed by atoms with Crippen LogP contribution in [0.3, 0.4) is 0 Å². The van der Waals surface area contributed by atoms with E-state index < -0.39 is 0 Å². The highest BCUT2D eigenvalue weighted by atomic mass is 16.6. The van der Waals surface area contributed by atoms with Crippen molar-refractivity contribution in [2.24, 2.45) is 0 Å². The van der Waals surface area contributed by atoms with Gasteiger partial charge in [0.25, 0.3) is 0 Å². The summed E-state index contributed by atoms with van der Waals surface area (Å²) >= 11 is 0. The van der Waals surface area contributed by atoms with Crippen LogP contribution in [0.5, 0.6) is 11.5 Å². The standard InChI is InChI=1S/C18H20O3/c1-3-17(13-5-9-15(19)10-6-13)18(4-2,21-17)14-7-11-16(20)12-8-14/h5-12,19-20H,3-4H2,1-2H3/t17-,18-/m1/s1. The number of aromatic hydroxyl groups is 2. The van der Waals surface area contributed by atoms with Gasteiger partial charge in [-0.2, -0.15) is 0 Å². The van der Waals surface area contributed by atoms with Crippen LogP contribution in [0.25, 0.3) is 0 Å². The van der Waals surface area contributed by atoms with E-state index in [-0.39, 0.29) is 22.7 Å². The zero-order valence-corrected chi connectivity index (χ0v) is 12.3. The highest BCUT2D eigenvalue weighted by molar-refractivity contribution is 5.44. The lowest BCUT2D eigenvalue weighted by Gasteiger charge is -2.19. The van der Waals surface area contributed by atoms with Gasteiger partial charge in [0.2, 0.25) is 0 Å². The van der Waals surface area contributed by atoms with Crippen molar-refractivity contribution >= 4 is 0 Å². The molecule has 2 aromatic carbocycles. The van der Waals surface area contributed by atoms with Crippen LogP contribution in [0.15, 0.2) is 48.5 Å². The van der Waals surface area contributed by atoms with Gasteiger partial charge < -0.3 is 14.9 Å². The first-order chi connectivity index (χ1) is 10.1. The molecule has 110 valence electrons. The van der Waals surface area contributed by atoms with Crippen LogP contribution in [-0.4, -0.2) is 10.2 Å². The lowest BCUT2D eigenvalue weighted by molar-refractivity contribution is 0.255. The molecule has 1 heterocycles. The molecule has 0 amide bonds. The monoisotopic (exact) mass is 284 g/mol. The zero-order chi connectivity index (χ0) is 15.1. The number of epoxide rings is 1. The molecule has 21 heavy (non-hydrogen) atoms. The predicted octanol–water partition coefficient (Wildman–Crippen LogP) is 4.04. The number of hydrogen-bond acceptors (Lipinski definition) is 3. The molecular weight excluding hydrogens is 264 g/mol. The number of hydrogen-bond donors (Lipinski definition) is 2. The fourth-order valence-electron chi connectivity index (χ4n) is 3.44. The molecule has 0 saturated carbocycles. The third-order valence-corrected chi connectivity index (χ3v) is 4.62. The van der Waals surface area contributed by atoms with Gasteiger partial charge in [0.05, 0.1) is 0 Å². The van der Waals surface area contributed by atoms with Crippen LogP contribution in [0.4, 0.5) is 0 Å². The van der Waals surface area contributed by atoms with E-state index in [0.717, 1.165) is 24.0 Å². The molecule has 0 aliphatic carbocycles. The van der Waals surface area contributed by atoms with E-state index in [9.17, 15) is 10.2 Å². The van der Waals surface area contributed by atoms with Crippen molar-refractivity contribution in [2.75, 3.05) is 0 Å². The molecule has 2 atom stereocenters. The second-order valence-electron chi connectivity index (χ2n) is 5.56. The van der Waals surface area contributed by atoms with E-state index in [1.807, 2.05) is 24.3 Å². The molecule has 1 fully saturated rings. The fourth-order valence-corrected chi connectivity index (χ4v) is 3.44. The van der Waals surface area contributed by atoms with Gasteiger partial charge in [-0.25, -0.2) is 0 Å². The molecule has 0 aromatic heterocycles. The molecule has 0 bridgehead atoms. The average Bonchev–Trinajstić information content (AvgIpc) is 3.19. The molecule has 3 rings (SSSR count). The molecular formula is C18H20O3. The first kappa shape index (κ1) is 14.0. The zero-order valence-electron chi connectivity index (χ0n) is 12.3. The number of phenols is 2. The second kappa shape index (κ2) is 4.78. The molecule has 1 aliphatic rings. The Morgan fingerprint density at radius 3 is 1.33 bits per heavy atom. The van der Waals surface area contributed by atoms with Crippen molar-refractivity contribution in [3.63, 3.8) is 0 Å². The summed E-state index contributed by atoms with van der Waals surface area (Å²) in [6.07, 6.45) is 1.71. The number of benzene rings is 2. The van der Waals surface area contributed by atoms with Crippen LogP contribution in [-0.2, 0) is 15.9 Å². The van der Waals surface area contributed by atoms with Crippen LogP contribution in [0.2, 0.25) is 0 Å². The minimum absolute atomic E-state index is 0.261. The Kier molecular flexibility index (Phi) is 3.18. The minimum atomic E-state index is -0.355. The minimum Gasteiger partial charge on any atom is -0.508 e. The predicted molar refractivity (Wildman–Crippen MR) is 81.2 cm³/mol. The first-order valence-corrected chi connectivity index (χ1v) is 7.37. The van der Waals surface area contributed by atoms with Crippen molar-refractivity contribution in [1.29, 1.82) is 0 Å². The third-order valence-electron chi connectivity index (χ3n) is 4.62. The Morgan fingerprint density at radius 1 is 0.714 bits per heavy atom. The summed E-state index contributed by atoms with van der Waals surface area (Å²) in [5, 5.41) is 19.0. The fraction of sp³-hybridized carbons (Fsp3) is 0.333.